The van der Waals surface area contributed by atoms with Crippen molar-refractivity contribution in [2.24, 2.45) is 0 Å². The van der Waals surface area contributed by atoms with E-state index in [1.165, 1.54) is 0 Å². The van der Waals surface area contributed by atoms with Gasteiger partial charge in [-0.1, -0.05) is 36.4 Å². The lowest BCUT2D eigenvalue weighted by Gasteiger charge is -2.26. The van der Waals surface area contributed by atoms with Crippen molar-refractivity contribution in [3.63, 3.8) is 0 Å². The summed E-state index contributed by atoms with van der Waals surface area (Å²) in [5.41, 5.74) is 1.59. The van der Waals surface area contributed by atoms with Gasteiger partial charge in [0, 0.05) is 24.8 Å². The molecule has 6 nitrogen and oxygen atoms in total. The van der Waals surface area contributed by atoms with Gasteiger partial charge in [0.25, 0.3) is 5.91 Å². The van der Waals surface area contributed by atoms with Crippen LogP contribution in [0.2, 0.25) is 0 Å². The number of benzene rings is 2. The number of rotatable bonds is 6. The van der Waals surface area contributed by atoms with E-state index in [1.54, 1.807) is 29.2 Å². The highest BCUT2D eigenvalue weighted by Gasteiger charge is 2.17. The summed E-state index contributed by atoms with van der Waals surface area (Å²) in [7, 11) is 0. The quantitative estimate of drug-likeness (QED) is 0.863. The maximum Gasteiger partial charge on any atom is 0.260 e. The second-order valence-corrected chi connectivity index (χ2v) is 6.02. The van der Waals surface area contributed by atoms with E-state index in [-0.39, 0.29) is 18.4 Å². The van der Waals surface area contributed by atoms with Gasteiger partial charge in [0.2, 0.25) is 5.91 Å². The highest BCUT2D eigenvalue weighted by Crippen LogP contribution is 2.18. The topological polar surface area (TPSA) is 67.9 Å². The molecule has 6 heteroatoms. The molecular formula is C20H22N2O4. The highest BCUT2D eigenvalue weighted by atomic mass is 16.5. The van der Waals surface area contributed by atoms with Crippen LogP contribution in [0.3, 0.4) is 0 Å². The third-order valence-corrected chi connectivity index (χ3v) is 4.05. The maximum absolute atomic E-state index is 12.1. The van der Waals surface area contributed by atoms with Gasteiger partial charge in [0.05, 0.1) is 19.6 Å². The van der Waals surface area contributed by atoms with Crippen LogP contribution in [-0.2, 0) is 20.7 Å². The summed E-state index contributed by atoms with van der Waals surface area (Å²) in [6, 6.07) is 16.6. The van der Waals surface area contributed by atoms with Crippen LogP contribution in [0.1, 0.15) is 5.56 Å². The van der Waals surface area contributed by atoms with Crippen molar-refractivity contribution in [1.82, 2.24) is 4.90 Å². The zero-order valence-corrected chi connectivity index (χ0v) is 14.5. The predicted octanol–water partition coefficient (Wildman–Crippen LogP) is 2.11. The molecule has 1 fully saturated rings. The Labute approximate surface area is 152 Å². The van der Waals surface area contributed by atoms with Gasteiger partial charge in [-0.3, -0.25) is 9.59 Å². The molecule has 3 rings (SSSR count). The summed E-state index contributed by atoms with van der Waals surface area (Å²) >= 11 is 0. The minimum atomic E-state index is -0.0993. The molecule has 0 saturated carbocycles. The zero-order chi connectivity index (χ0) is 18.2. The summed E-state index contributed by atoms with van der Waals surface area (Å²) in [6.45, 7) is 2.29. The van der Waals surface area contributed by atoms with Crippen LogP contribution in [0.15, 0.2) is 54.6 Å². The Morgan fingerprint density at radius 3 is 2.58 bits per heavy atom. The normalized spacial score (nSPS) is 13.9. The molecule has 136 valence electrons. The second-order valence-electron chi connectivity index (χ2n) is 6.02. The second kappa shape index (κ2) is 9.01. The van der Waals surface area contributed by atoms with E-state index < -0.39 is 0 Å². The first-order valence-corrected chi connectivity index (χ1v) is 8.63. The average Bonchev–Trinajstić information content (AvgIpc) is 2.68. The number of hydrogen-bond donors (Lipinski definition) is 1. The van der Waals surface area contributed by atoms with Gasteiger partial charge in [0.1, 0.15) is 5.75 Å². The fourth-order valence-electron chi connectivity index (χ4n) is 2.70. The van der Waals surface area contributed by atoms with Gasteiger partial charge in [-0.25, -0.2) is 0 Å². The number of carbonyl (C=O) groups excluding carboxylic acids is 2. The molecule has 0 aliphatic carbocycles. The van der Waals surface area contributed by atoms with E-state index in [2.05, 4.69) is 5.32 Å². The summed E-state index contributed by atoms with van der Waals surface area (Å²) in [4.78, 5) is 26.0. The molecule has 1 aliphatic rings. The number of morpholine rings is 1. The van der Waals surface area contributed by atoms with E-state index in [1.807, 2.05) is 30.3 Å². The van der Waals surface area contributed by atoms with Crippen LogP contribution in [0.5, 0.6) is 5.75 Å². The monoisotopic (exact) mass is 354 g/mol. The Hall–Kier alpha value is -2.86. The summed E-state index contributed by atoms with van der Waals surface area (Å²) in [5.74, 6) is 0.383. The van der Waals surface area contributed by atoms with Gasteiger partial charge in [-0.05, 0) is 17.7 Å². The number of carbonyl (C=O) groups is 2. The van der Waals surface area contributed by atoms with Gasteiger partial charge in [0.15, 0.2) is 6.61 Å². The van der Waals surface area contributed by atoms with Crippen LogP contribution in [0.25, 0.3) is 0 Å². The molecule has 1 saturated heterocycles. The van der Waals surface area contributed by atoms with Crippen molar-refractivity contribution < 1.29 is 19.1 Å². The minimum Gasteiger partial charge on any atom is -0.484 e. The van der Waals surface area contributed by atoms with Crippen LogP contribution in [0, 0.1) is 0 Å². The van der Waals surface area contributed by atoms with Crippen molar-refractivity contribution in [2.45, 2.75) is 6.42 Å². The molecule has 0 atom stereocenters. The molecule has 0 aromatic heterocycles. The fraction of sp³-hybridized carbons (Fsp3) is 0.300. The van der Waals surface area contributed by atoms with Crippen molar-refractivity contribution >= 4 is 17.5 Å². The number of anilines is 1. The van der Waals surface area contributed by atoms with Crippen molar-refractivity contribution in [3.8, 4) is 5.75 Å². The van der Waals surface area contributed by atoms with Crippen molar-refractivity contribution in [2.75, 3.05) is 38.2 Å². The first kappa shape index (κ1) is 17.9. The van der Waals surface area contributed by atoms with Gasteiger partial charge in [-0.15, -0.1) is 0 Å². The summed E-state index contributed by atoms with van der Waals surface area (Å²) in [6.07, 6.45) is 0.307. The third kappa shape index (κ3) is 5.32. The van der Waals surface area contributed by atoms with Gasteiger partial charge >= 0.3 is 0 Å². The Balaban J connectivity index is 1.51. The van der Waals surface area contributed by atoms with Crippen LogP contribution >= 0.6 is 0 Å². The van der Waals surface area contributed by atoms with Crippen molar-refractivity contribution in [3.05, 3.63) is 60.2 Å². The minimum absolute atomic E-state index is 0.0264. The van der Waals surface area contributed by atoms with Crippen LogP contribution in [0.4, 0.5) is 5.69 Å². The van der Waals surface area contributed by atoms with Crippen LogP contribution in [-0.4, -0.2) is 49.6 Å². The molecule has 0 spiro atoms. The molecule has 26 heavy (non-hydrogen) atoms. The summed E-state index contributed by atoms with van der Waals surface area (Å²) < 4.78 is 10.8. The number of ether oxygens (including phenoxy) is 2. The number of hydrogen-bond acceptors (Lipinski definition) is 4. The maximum atomic E-state index is 12.1. The molecular weight excluding hydrogens is 332 g/mol. The van der Waals surface area contributed by atoms with Crippen LogP contribution < -0.4 is 10.1 Å². The molecule has 0 unspecified atom stereocenters. The largest absolute Gasteiger partial charge is 0.484 e. The Morgan fingerprint density at radius 1 is 1.04 bits per heavy atom. The lowest BCUT2D eigenvalue weighted by atomic mass is 10.1. The standard InChI is InChI=1S/C20H22N2O4/c23-19(13-16-5-2-1-3-6-16)21-17-7-4-8-18(14-17)26-15-20(24)22-9-11-25-12-10-22/h1-8,14H,9-13,15H2,(H,21,23). The summed E-state index contributed by atoms with van der Waals surface area (Å²) in [5, 5.41) is 2.85. The fourth-order valence-corrected chi connectivity index (χ4v) is 2.70. The number of nitrogens with one attached hydrogen (secondary N) is 1. The first-order chi connectivity index (χ1) is 12.7. The average molecular weight is 354 g/mol. The van der Waals surface area contributed by atoms with E-state index in [0.29, 0.717) is 44.2 Å². The van der Waals surface area contributed by atoms with Crippen molar-refractivity contribution in [1.29, 1.82) is 0 Å². The number of nitrogens with zero attached hydrogens (tertiary/aromatic N) is 1. The lowest BCUT2D eigenvalue weighted by Crippen LogP contribution is -2.42. The number of amides is 2. The predicted molar refractivity (Wildman–Crippen MR) is 98.1 cm³/mol. The SMILES string of the molecule is O=C(Cc1ccccc1)Nc1cccc(OCC(=O)N2CCOCC2)c1. The van der Waals surface area contributed by atoms with E-state index >= 15 is 0 Å². The molecule has 1 heterocycles. The highest BCUT2D eigenvalue weighted by molar-refractivity contribution is 5.92. The Kier molecular flexibility index (Phi) is 6.22. The zero-order valence-electron chi connectivity index (χ0n) is 14.5. The Bertz CT molecular complexity index is 742. The molecule has 1 aliphatic heterocycles. The molecule has 2 aromatic rings. The lowest BCUT2D eigenvalue weighted by molar-refractivity contribution is -0.137. The van der Waals surface area contributed by atoms with E-state index in [4.69, 9.17) is 9.47 Å². The van der Waals surface area contributed by atoms with E-state index in [9.17, 15) is 9.59 Å². The molecule has 2 aromatic carbocycles. The van der Waals surface area contributed by atoms with Gasteiger partial charge in [-0.2, -0.15) is 0 Å². The third-order valence-electron chi connectivity index (χ3n) is 4.05. The Morgan fingerprint density at radius 2 is 1.81 bits per heavy atom. The molecule has 0 radical (unpaired) electrons. The van der Waals surface area contributed by atoms with Gasteiger partial charge < -0.3 is 19.7 Å². The molecule has 1 N–H and O–H groups in total. The molecule has 0 bridgehead atoms. The smallest absolute Gasteiger partial charge is 0.260 e. The van der Waals surface area contributed by atoms with E-state index in [0.717, 1.165) is 5.56 Å². The first-order valence-electron chi connectivity index (χ1n) is 8.63. The molecule has 2 amide bonds.